The highest BCUT2D eigenvalue weighted by atomic mass is 16.5. The van der Waals surface area contributed by atoms with E-state index in [1.54, 1.807) is 0 Å². The average Bonchev–Trinajstić information content (AvgIpc) is 3.24. The van der Waals surface area contributed by atoms with Gasteiger partial charge in [-0.3, -0.25) is 0 Å². The lowest BCUT2D eigenvalue weighted by molar-refractivity contribution is 0.122. The third kappa shape index (κ3) is 3.60. The van der Waals surface area contributed by atoms with E-state index in [-0.39, 0.29) is 6.61 Å². The van der Waals surface area contributed by atoms with Crippen LogP contribution in [-0.4, -0.2) is 57.8 Å². The number of ether oxygens (including phenoxy) is 1. The van der Waals surface area contributed by atoms with Crippen LogP contribution in [0.2, 0.25) is 0 Å². The van der Waals surface area contributed by atoms with Crippen LogP contribution in [0.15, 0.2) is 36.5 Å². The van der Waals surface area contributed by atoms with E-state index in [0.717, 1.165) is 67.0 Å². The van der Waals surface area contributed by atoms with E-state index >= 15 is 0 Å². The Morgan fingerprint density at radius 3 is 2.48 bits per heavy atom. The Hall–Kier alpha value is -2.51. The minimum atomic E-state index is 0.286. The number of rotatable bonds is 4. The molecule has 1 saturated heterocycles. The molecule has 1 aliphatic heterocycles. The number of aromatic nitrogens is 4. The maximum atomic E-state index is 9.46. The van der Waals surface area contributed by atoms with E-state index < -0.39 is 0 Å². The number of benzene rings is 1. The molecule has 7 heteroatoms. The normalized spacial score (nSPS) is 22.9. The van der Waals surface area contributed by atoms with Crippen molar-refractivity contribution in [3.8, 4) is 11.3 Å². The van der Waals surface area contributed by atoms with E-state index in [0.29, 0.717) is 25.2 Å². The summed E-state index contributed by atoms with van der Waals surface area (Å²) in [5.41, 5.74) is 2.93. The Morgan fingerprint density at radius 2 is 1.76 bits per heavy atom. The highest BCUT2D eigenvalue weighted by Gasteiger charge is 2.26. The van der Waals surface area contributed by atoms with Crippen molar-refractivity contribution in [3.63, 3.8) is 0 Å². The molecule has 2 aliphatic rings. The van der Waals surface area contributed by atoms with Crippen LogP contribution in [0.4, 0.5) is 5.95 Å². The fourth-order valence-corrected chi connectivity index (χ4v) is 4.47. The van der Waals surface area contributed by atoms with Gasteiger partial charge in [0, 0.05) is 25.3 Å². The monoisotopic (exact) mass is 393 g/mol. The molecule has 1 N–H and O–H groups in total. The summed E-state index contributed by atoms with van der Waals surface area (Å²) in [7, 11) is 0. The summed E-state index contributed by atoms with van der Waals surface area (Å²) in [6.45, 7) is 3.29. The second kappa shape index (κ2) is 8.08. The largest absolute Gasteiger partial charge is 0.396 e. The van der Waals surface area contributed by atoms with Gasteiger partial charge in [0.1, 0.15) is 0 Å². The summed E-state index contributed by atoms with van der Waals surface area (Å²) in [6, 6.07) is 10.6. The van der Waals surface area contributed by atoms with Crippen LogP contribution in [-0.2, 0) is 4.74 Å². The van der Waals surface area contributed by atoms with Crippen LogP contribution >= 0.6 is 0 Å². The second-order valence-corrected chi connectivity index (χ2v) is 8.02. The van der Waals surface area contributed by atoms with Crippen LogP contribution in [0.5, 0.6) is 0 Å². The number of nitrogens with zero attached hydrogens (tertiary/aromatic N) is 5. The van der Waals surface area contributed by atoms with Gasteiger partial charge in [-0.2, -0.15) is 10.1 Å². The summed E-state index contributed by atoms with van der Waals surface area (Å²) in [4.78, 5) is 12.1. The fraction of sp³-hybridized carbons (Fsp3) is 0.500. The van der Waals surface area contributed by atoms with E-state index in [9.17, 15) is 5.11 Å². The van der Waals surface area contributed by atoms with Gasteiger partial charge in [-0.1, -0.05) is 30.3 Å². The van der Waals surface area contributed by atoms with Crippen molar-refractivity contribution in [2.45, 2.75) is 31.7 Å². The molecule has 29 heavy (non-hydrogen) atoms. The van der Waals surface area contributed by atoms with Crippen molar-refractivity contribution in [1.29, 1.82) is 0 Å². The molecule has 2 fully saturated rings. The molecule has 152 valence electrons. The van der Waals surface area contributed by atoms with Gasteiger partial charge >= 0.3 is 0 Å². The first-order valence-electron chi connectivity index (χ1n) is 10.6. The van der Waals surface area contributed by atoms with Crippen LogP contribution in [0.1, 0.15) is 31.7 Å². The van der Waals surface area contributed by atoms with Crippen molar-refractivity contribution in [1.82, 2.24) is 19.7 Å². The summed E-state index contributed by atoms with van der Waals surface area (Å²) < 4.78 is 7.61. The van der Waals surface area contributed by atoms with Gasteiger partial charge in [0.2, 0.25) is 5.95 Å². The predicted molar refractivity (Wildman–Crippen MR) is 112 cm³/mol. The quantitative estimate of drug-likeness (QED) is 0.734. The third-order valence-corrected chi connectivity index (χ3v) is 6.20. The average molecular weight is 393 g/mol. The Bertz CT molecular complexity index is 960. The number of aliphatic hydroxyl groups excluding tert-OH is 1. The number of morpholine rings is 1. The molecule has 2 aromatic heterocycles. The molecule has 1 saturated carbocycles. The molecule has 0 unspecified atom stereocenters. The summed E-state index contributed by atoms with van der Waals surface area (Å²) in [5, 5.41) is 15.2. The fourth-order valence-electron chi connectivity index (χ4n) is 4.47. The van der Waals surface area contributed by atoms with Crippen molar-refractivity contribution in [2.24, 2.45) is 5.92 Å². The molecule has 7 nitrogen and oxygen atoms in total. The molecule has 0 bridgehead atoms. The summed E-state index contributed by atoms with van der Waals surface area (Å²) in [6.07, 6.45) is 6.04. The summed E-state index contributed by atoms with van der Waals surface area (Å²) >= 11 is 0. The maximum Gasteiger partial charge on any atom is 0.228 e. The van der Waals surface area contributed by atoms with Crippen molar-refractivity contribution < 1.29 is 9.84 Å². The first-order chi connectivity index (χ1) is 14.3. The minimum absolute atomic E-state index is 0.286. The van der Waals surface area contributed by atoms with Gasteiger partial charge in [0.05, 0.1) is 36.5 Å². The molecule has 3 aromatic rings. The van der Waals surface area contributed by atoms with Gasteiger partial charge < -0.3 is 14.7 Å². The number of fused-ring (bicyclic) bond motifs is 1. The molecule has 3 heterocycles. The van der Waals surface area contributed by atoms with Gasteiger partial charge in [-0.05, 0) is 31.6 Å². The zero-order valence-electron chi connectivity index (χ0n) is 16.6. The zero-order valence-corrected chi connectivity index (χ0v) is 16.6. The lowest BCUT2D eigenvalue weighted by Crippen LogP contribution is -2.37. The molecule has 0 spiro atoms. The highest BCUT2D eigenvalue weighted by molar-refractivity contribution is 5.91. The van der Waals surface area contributed by atoms with Crippen LogP contribution < -0.4 is 4.90 Å². The van der Waals surface area contributed by atoms with E-state index in [4.69, 9.17) is 19.8 Å². The Labute approximate surface area is 170 Å². The van der Waals surface area contributed by atoms with Crippen molar-refractivity contribution in [3.05, 3.63) is 36.5 Å². The lowest BCUT2D eigenvalue weighted by Gasteiger charge is -2.29. The van der Waals surface area contributed by atoms with Gasteiger partial charge in [0.15, 0.2) is 5.65 Å². The molecule has 0 atom stereocenters. The van der Waals surface area contributed by atoms with Gasteiger partial charge in [-0.15, -0.1) is 0 Å². The number of hydrogen-bond acceptors (Lipinski definition) is 6. The Balaban J connectivity index is 1.59. The third-order valence-electron chi connectivity index (χ3n) is 6.20. The molecular formula is C22H27N5O2. The topological polar surface area (TPSA) is 76.3 Å². The minimum Gasteiger partial charge on any atom is -0.396 e. The SMILES string of the molecule is OCC1CCC(n2ncc3c(-c4ccccc4)nc(N4CCOCC4)nc32)CC1. The van der Waals surface area contributed by atoms with Crippen molar-refractivity contribution in [2.75, 3.05) is 37.8 Å². The number of anilines is 1. The van der Waals surface area contributed by atoms with Gasteiger partial charge in [0.25, 0.3) is 0 Å². The smallest absolute Gasteiger partial charge is 0.228 e. The second-order valence-electron chi connectivity index (χ2n) is 8.02. The highest BCUT2D eigenvalue weighted by Crippen LogP contribution is 2.35. The molecule has 1 aromatic carbocycles. The zero-order chi connectivity index (χ0) is 19.6. The van der Waals surface area contributed by atoms with Gasteiger partial charge in [-0.25, -0.2) is 9.67 Å². The first kappa shape index (κ1) is 18.5. The van der Waals surface area contributed by atoms with Crippen LogP contribution in [0, 0.1) is 5.92 Å². The predicted octanol–water partition coefficient (Wildman–Crippen LogP) is 3.05. The van der Waals surface area contributed by atoms with E-state index in [1.165, 1.54) is 0 Å². The Morgan fingerprint density at radius 1 is 1.00 bits per heavy atom. The molecule has 5 rings (SSSR count). The van der Waals surface area contributed by atoms with E-state index in [1.807, 2.05) is 24.4 Å². The summed E-state index contributed by atoms with van der Waals surface area (Å²) in [5.74, 6) is 1.18. The lowest BCUT2D eigenvalue weighted by atomic mass is 9.86. The van der Waals surface area contributed by atoms with Crippen LogP contribution in [0.3, 0.4) is 0 Å². The van der Waals surface area contributed by atoms with Crippen molar-refractivity contribution >= 4 is 17.0 Å². The standard InChI is InChI=1S/C22H27N5O2/c28-15-16-6-8-18(9-7-16)27-21-19(14-23-27)20(17-4-2-1-3-5-17)24-22(25-21)26-10-12-29-13-11-26/h1-5,14,16,18,28H,6-13,15H2. The molecule has 0 radical (unpaired) electrons. The number of hydrogen-bond donors (Lipinski definition) is 1. The Kier molecular flexibility index (Phi) is 5.16. The molecule has 0 amide bonds. The maximum absolute atomic E-state index is 9.46. The molecule has 1 aliphatic carbocycles. The van der Waals surface area contributed by atoms with E-state index in [2.05, 4.69) is 21.7 Å². The molecular weight excluding hydrogens is 366 g/mol. The van der Waals surface area contributed by atoms with Crippen LogP contribution in [0.25, 0.3) is 22.3 Å². The first-order valence-corrected chi connectivity index (χ1v) is 10.6. The number of aliphatic hydroxyl groups is 1.